The van der Waals surface area contributed by atoms with Crippen molar-refractivity contribution in [2.45, 2.75) is 32.9 Å². The van der Waals surface area contributed by atoms with Gasteiger partial charge in [-0.05, 0) is 26.8 Å². The normalized spacial score (nSPS) is 15.1. The van der Waals surface area contributed by atoms with Gasteiger partial charge >= 0.3 is 6.09 Å². The van der Waals surface area contributed by atoms with Crippen LogP contribution < -0.4 is 5.56 Å². The monoisotopic (exact) mass is 372 g/mol. The van der Waals surface area contributed by atoms with Crippen molar-refractivity contribution >= 4 is 22.8 Å². The summed E-state index contributed by atoms with van der Waals surface area (Å²) in [6.45, 7) is 6.95. The molecule has 0 saturated carbocycles. The fraction of sp³-hybridized carbons (Fsp3) is 0.474. The number of ether oxygens (including phenoxy) is 1. The molecule has 0 radical (unpaired) electrons. The molecule has 1 fully saturated rings. The molecule has 144 valence electrons. The molecule has 0 N–H and O–H groups in total. The summed E-state index contributed by atoms with van der Waals surface area (Å²) in [6, 6.07) is 7.15. The lowest BCUT2D eigenvalue weighted by molar-refractivity contribution is -0.133. The number of nitrogens with zero attached hydrogens (tertiary/aromatic N) is 4. The largest absolute Gasteiger partial charge is 0.444 e. The first-order valence-corrected chi connectivity index (χ1v) is 8.95. The van der Waals surface area contributed by atoms with E-state index in [4.69, 9.17) is 4.74 Å². The molecule has 3 rings (SSSR count). The minimum Gasteiger partial charge on any atom is -0.444 e. The van der Waals surface area contributed by atoms with Gasteiger partial charge in [0.2, 0.25) is 5.91 Å². The summed E-state index contributed by atoms with van der Waals surface area (Å²) in [4.78, 5) is 40.4. The Labute approximate surface area is 157 Å². The second kappa shape index (κ2) is 7.38. The van der Waals surface area contributed by atoms with Crippen LogP contribution in [-0.4, -0.2) is 63.4 Å². The van der Waals surface area contributed by atoms with Crippen LogP contribution in [0, 0.1) is 0 Å². The minimum atomic E-state index is -0.549. The molecule has 1 aromatic heterocycles. The highest BCUT2D eigenvalue weighted by Gasteiger charge is 2.27. The van der Waals surface area contributed by atoms with Crippen molar-refractivity contribution in [3.05, 3.63) is 40.8 Å². The SMILES string of the molecule is CC(C)(C)OC(=O)N1CCN(C(=O)Cn2ncc3ccccc3c2=O)CC1. The van der Waals surface area contributed by atoms with Gasteiger partial charge in [0.05, 0.1) is 11.6 Å². The van der Waals surface area contributed by atoms with Gasteiger partial charge in [0.15, 0.2) is 0 Å². The van der Waals surface area contributed by atoms with Gasteiger partial charge in [-0.3, -0.25) is 9.59 Å². The Bertz CT molecular complexity index is 908. The number of amides is 2. The summed E-state index contributed by atoms with van der Waals surface area (Å²) in [5.74, 6) is -0.191. The summed E-state index contributed by atoms with van der Waals surface area (Å²) >= 11 is 0. The van der Waals surface area contributed by atoms with Gasteiger partial charge in [-0.15, -0.1) is 0 Å². The van der Waals surface area contributed by atoms with Crippen LogP contribution >= 0.6 is 0 Å². The zero-order chi connectivity index (χ0) is 19.6. The van der Waals surface area contributed by atoms with Gasteiger partial charge in [-0.1, -0.05) is 18.2 Å². The standard InChI is InChI=1S/C19H24N4O4/c1-19(2,3)27-18(26)22-10-8-21(9-11-22)16(24)13-23-17(25)15-7-5-4-6-14(15)12-20-23/h4-7,12H,8-11,13H2,1-3H3. The molecule has 2 amide bonds. The van der Waals surface area contributed by atoms with Gasteiger partial charge in [0, 0.05) is 31.6 Å². The smallest absolute Gasteiger partial charge is 0.410 e. The first-order chi connectivity index (χ1) is 12.7. The number of hydrogen-bond acceptors (Lipinski definition) is 5. The summed E-state index contributed by atoms with van der Waals surface area (Å²) in [5, 5.41) is 5.38. The zero-order valence-electron chi connectivity index (χ0n) is 15.8. The molecule has 0 bridgehead atoms. The van der Waals surface area contributed by atoms with Crippen LogP contribution in [0.2, 0.25) is 0 Å². The average molecular weight is 372 g/mol. The number of hydrogen-bond donors (Lipinski definition) is 0. The van der Waals surface area contributed by atoms with E-state index in [1.165, 1.54) is 4.68 Å². The molecule has 1 aliphatic heterocycles. The number of aromatic nitrogens is 2. The van der Waals surface area contributed by atoms with Gasteiger partial charge < -0.3 is 14.5 Å². The number of carbonyl (C=O) groups is 2. The second-order valence-corrected chi connectivity index (χ2v) is 7.54. The van der Waals surface area contributed by atoms with Crippen molar-refractivity contribution in [1.29, 1.82) is 0 Å². The second-order valence-electron chi connectivity index (χ2n) is 7.54. The molecule has 0 atom stereocenters. The third-order valence-electron chi connectivity index (χ3n) is 4.33. The Morgan fingerprint density at radius 3 is 2.37 bits per heavy atom. The molecule has 1 saturated heterocycles. The summed E-state index contributed by atoms with van der Waals surface area (Å²) in [7, 11) is 0. The van der Waals surface area contributed by atoms with E-state index in [9.17, 15) is 14.4 Å². The van der Waals surface area contributed by atoms with Crippen molar-refractivity contribution in [3.63, 3.8) is 0 Å². The number of carbonyl (C=O) groups excluding carboxylic acids is 2. The van der Waals surface area contributed by atoms with E-state index in [1.54, 1.807) is 28.1 Å². The number of benzene rings is 1. The number of piperazine rings is 1. The van der Waals surface area contributed by atoms with E-state index in [2.05, 4.69) is 5.10 Å². The number of rotatable bonds is 2. The molecule has 0 unspecified atom stereocenters. The van der Waals surface area contributed by atoms with E-state index in [0.29, 0.717) is 31.6 Å². The fourth-order valence-corrected chi connectivity index (χ4v) is 2.93. The quantitative estimate of drug-likeness (QED) is 0.797. The van der Waals surface area contributed by atoms with E-state index in [-0.39, 0.29) is 24.1 Å². The molecular formula is C19H24N4O4. The van der Waals surface area contributed by atoms with E-state index < -0.39 is 5.60 Å². The van der Waals surface area contributed by atoms with E-state index >= 15 is 0 Å². The Morgan fingerprint density at radius 2 is 1.70 bits per heavy atom. The van der Waals surface area contributed by atoms with Crippen LogP contribution in [0.3, 0.4) is 0 Å². The fourth-order valence-electron chi connectivity index (χ4n) is 2.93. The van der Waals surface area contributed by atoms with Gasteiger partial charge in [-0.25, -0.2) is 9.48 Å². The Balaban J connectivity index is 1.61. The van der Waals surface area contributed by atoms with Crippen molar-refractivity contribution in [2.75, 3.05) is 26.2 Å². The maximum atomic E-state index is 12.6. The highest BCUT2D eigenvalue weighted by molar-refractivity contribution is 5.81. The maximum absolute atomic E-state index is 12.6. The third-order valence-corrected chi connectivity index (χ3v) is 4.33. The average Bonchev–Trinajstić information content (AvgIpc) is 2.63. The highest BCUT2D eigenvalue weighted by atomic mass is 16.6. The van der Waals surface area contributed by atoms with Crippen LogP contribution in [-0.2, 0) is 16.1 Å². The Kier molecular flexibility index (Phi) is 5.16. The first kappa shape index (κ1) is 18.9. The van der Waals surface area contributed by atoms with Crippen LogP contribution in [0.25, 0.3) is 10.8 Å². The lowest BCUT2D eigenvalue weighted by Gasteiger charge is -2.35. The summed E-state index contributed by atoms with van der Waals surface area (Å²) in [6.07, 6.45) is 1.21. The molecule has 2 heterocycles. The van der Waals surface area contributed by atoms with Crippen LogP contribution in [0.15, 0.2) is 35.3 Å². The molecule has 8 heteroatoms. The van der Waals surface area contributed by atoms with Crippen molar-refractivity contribution < 1.29 is 14.3 Å². The lowest BCUT2D eigenvalue weighted by Crippen LogP contribution is -2.52. The Hall–Kier alpha value is -2.90. The molecule has 8 nitrogen and oxygen atoms in total. The van der Waals surface area contributed by atoms with Crippen molar-refractivity contribution in [3.8, 4) is 0 Å². The zero-order valence-corrected chi connectivity index (χ0v) is 15.8. The first-order valence-electron chi connectivity index (χ1n) is 8.95. The maximum Gasteiger partial charge on any atom is 0.410 e. The molecule has 2 aromatic rings. The van der Waals surface area contributed by atoms with Gasteiger partial charge in [-0.2, -0.15) is 5.10 Å². The predicted octanol–water partition coefficient (Wildman–Crippen LogP) is 1.48. The van der Waals surface area contributed by atoms with Crippen molar-refractivity contribution in [1.82, 2.24) is 19.6 Å². The molecule has 0 spiro atoms. The van der Waals surface area contributed by atoms with E-state index in [0.717, 1.165) is 5.39 Å². The molecule has 1 aliphatic rings. The van der Waals surface area contributed by atoms with Crippen molar-refractivity contribution in [2.24, 2.45) is 0 Å². The van der Waals surface area contributed by atoms with Crippen LogP contribution in [0.1, 0.15) is 20.8 Å². The van der Waals surface area contributed by atoms with E-state index in [1.807, 2.05) is 32.9 Å². The topological polar surface area (TPSA) is 84.7 Å². The number of fused-ring (bicyclic) bond motifs is 1. The third kappa shape index (κ3) is 4.45. The molecular weight excluding hydrogens is 348 g/mol. The lowest BCUT2D eigenvalue weighted by atomic mass is 10.2. The summed E-state index contributed by atoms with van der Waals surface area (Å²) in [5.41, 5.74) is -0.832. The van der Waals surface area contributed by atoms with Gasteiger partial charge in [0.25, 0.3) is 5.56 Å². The minimum absolute atomic E-state index is 0.115. The summed E-state index contributed by atoms with van der Waals surface area (Å²) < 4.78 is 6.54. The highest BCUT2D eigenvalue weighted by Crippen LogP contribution is 2.12. The van der Waals surface area contributed by atoms with Gasteiger partial charge in [0.1, 0.15) is 12.1 Å². The molecule has 0 aliphatic carbocycles. The molecule has 1 aromatic carbocycles. The van der Waals surface area contributed by atoms with Crippen LogP contribution in [0.5, 0.6) is 0 Å². The predicted molar refractivity (Wildman–Crippen MR) is 100 cm³/mol. The molecule has 27 heavy (non-hydrogen) atoms. The Morgan fingerprint density at radius 1 is 1.07 bits per heavy atom. The van der Waals surface area contributed by atoms with Crippen LogP contribution in [0.4, 0.5) is 4.79 Å².